The predicted molar refractivity (Wildman–Crippen MR) is 104 cm³/mol. The highest BCUT2D eigenvalue weighted by molar-refractivity contribution is 5.96. The molecule has 10 heteroatoms. The lowest BCUT2D eigenvalue weighted by molar-refractivity contribution is 0.0683. The Morgan fingerprint density at radius 2 is 2.14 bits per heavy atom. The van der Waals surface area contributed by atoms with Gasteiger partial charge in [-0.25, -0.2) is 4.98 Å². The van der Waals surface area contributed by atoms with Crippen molar-refractivity contribution in [3.63, 3.8) is 0 Å². The van der Waals surface area contributed by atoms with Crippen molar-refractivity contribution >= 4 is 17.1 Å². The first-order valence-corrected chi connectivity index (χ1v) is 9.52. The minimum atomic E-state index is -0.00132. The Hall–Kier alpha value is -3.69. The third-order valence-corrected chi connectivity index (χ3v) is 5.13. The fourth-order valence-corrected chi connectivity index (χ4v) is 3.65. The molecule has 1 saturated heterocycles. The quantitative estimate of drug-likeness (QED) is 0.568. The van der Waals surface area contributed by atoms with Gasteiger partial charge in [-0.15, -0.1) is 15.3 Å². The summed E-state index contributed by atoms with van der Waals surface area (Å²) in [5.74, 6) is 1.12. The van der Waals surface area contributed by atoms with E-state index in [1.54, 1.807) is 23.1 Å². The maximum atomic E-state index is 12.8. The number of nitrogens with zero attached hydrogens (tertiary/aromatic N) is 8. The molecule has 1 amide bonds. The third kappa shape index (κ3) is 3.22. The number of hydrogen-bond acceptors (Lipinski definition) is 7. The molecule has 5 rings (SSSR count). The summed E-state index contributed by atoms with van der Waals surface area (Å²) in [6.45, 7) is 3.75. The zero-order valence-electron chi connectivity index (χ0n) is 15.9. The second-order valence-electron chi connectivity index (χ2n) is 7.31. The first kappa shape index (κ1) is 17.4. The van der Waals surface area contributed by atoms with E-state index in [2.05, 4.69) is 42.4 Å². The van der Waals surface area contributed by atoms with E-state index in [-0.39, 0.29) is 5.91 Å². The van der Waals surface area contributed by atoms with Gasteiger partial charge in [-0.3, -0.25) is 9.78 Å². The van der Waals surface area contributed by atoms with Crippen LogP contribution in [0, 0.1) is 5.92 Å². The molecule has 0 unspecified atom stereocenters. The number of rotatable bonds is 3. The third-order valence-electron chi connectivity index (χ3n) is 5.13. The Morgan fingerprint density at radius 3 is 2.90 bits per heavy atom. The molecular formula is C19H19N9O. The van der Waals surface area contributed by atoms with Crippen LogP contribution in [0.25, 0.3) is 28.4 Å². The summed E-state index contributed by atoms with van der Waals surface area (Å²) < 4.78 is 1.60. The van der Waals surface area contributed by atoms with E-state index in [0.29, 0.717) is 39.9 Å². The van der Waals surface area contributed by atoms with Gasteiger partial charge >= 0.3 is 0 Å². The van der Waals surface area contributed by atoms with Crippen LogP contribution in [-0.4, -0.2) is 64.0 Å². The number of nitrogens with one attached hydrogen (secondary N) is 1. The number of pyridine rings is 2. The van der Waals surface area contributed by atoms with Crippen molar-refractivity contribution in [3.05, 3.63) is 42.5 Å². The summed E-state index contributed by atoms with van der Waals surface area (Å²) in [5, 5.41) is 16.1. The minimum absolute atomic E-state index is 0.00132. The standard InChI is InChI=1S/C19H19N9O/c1-12-3-2-6-27(10-12)19(29)13-7-16-18(21-8-13)28(26-24-16)14-4-5-15(20-9-14)17-22-11-23-25-17/h4-5,7-9,11-12H,2-3,6,10H2,1H3,(H,22,23,25)/t12-/m0/s1. The number of piperidine rings is 1. The molecule has 1 aliphatic rings. The molecule has 1 fully saturated rings. The van der Waals surface area contributed by atoms with E-state index >= 15 is 0 Å². The van der Waals surface area contributed by atoms with E-state index in [1.165, 1.54) is 12.7 Å². The summed E-state index contributed by atoms with van der Waals surface area (Å²) in [5.41, 5.74) is 3.07. The fraction of sp³-hybridized carbons (Fsp3) is 0.316. The highest BCUT2D eigenvalue weighted by Gasteiger charge is 2.23. The molecule has 0 aliphatic carbocycles. The maximum Gasteiger partial charge on any atom is 0.255 e. The van der Waals surface area contributed by atoms with E-state index in [0.717, 1.165) is 19.5 Å². The van der Waals surface area contributed by atoms with Crippen molar-refractivity contribution in [2.24, 2.45) is 5.92 Å². The molecule has 1 atom stereocenters. The predicted octanol–water partition coefficient (Wildman–Crippen LogP) is 1.87. The number of aromatic nitrogens is 8. The molecular weight excluding hydrogens is 370 g/mol. The number of hydrogen-bond donors (Lipinski definition) is 1. The molecule has 5 heterocycles. The summed E-state index contributed by atoms with van der Waals surface area (Å²) in [4.78, 5) is 26.5. The summed E-state index contributed by atoms with van der Waals surface area (Å²) in [6, 6.07) is 5.43. The zero-order valence-corrected chi connectivity index (χ0v) is 15.9. The van der Waals surface area contributed by atoms with E-state index in [1.807, 2.05) is 17.0 Å². The number of likely N-dealkylation sites (tertiary alicyclic amines) is 1. The van der Waals surface area contributed by atoms with Crippen molar-refractivity contribution in [3.8, 4) is 17.2 Å². The summed E-state index contributed by atoms with van der Waals surface area (Å²) >= 11 is 0. The number of H-pyrrole nitrogens is 1. The average molecular weight is 389 g/mol. The zero-order chi connectivity index (χ0) is 19.8. The molecule has 0 radical (unpaired) electrons. The van der Waals surface area contributed by atoms with E-state index < -0.39 is 0 Å². The van der Waals surface area contributed by atoms with E-state index in [9.17, 15) is 4.79 Å². The van der Waals surface area contributed by atoms with Gasteiger partial charge in [0.05, 0.1) is 17.4 Å². The Bertz CT molecular complexity index is 1150. The molecule has 10 nitrogen and oxygen atoms in total. The van der Waals surface area contributed by atoms with Gasteiger partial charge in [0.25, 0.3) is 5.91 Å². The number of fused-ring (bicyclic) bond motifs is 1. The van der Waals surface area contributed by atoms with Crippen LogP contribution >= 0.6 is 0 Å². The second kappa shape index (κ2) is 7.04. The van der Waals surface area contributed by atoms with Gasteiger partial charge in [-0.1, -0.05) is 12.1 Å². The Labute approximate surface area is 166 Å². The molecule has 29 heavy (non-hydrogen) atoms. The van der Waals surface area contributed by atoms with Crippen molar-refractivity contribution in [2.45, 2.75) is 19.8 Å². The molecule has 0 bridgehead atoms. The van der Waals surface area contributed by atoms with Gasteiger partial charge < -0.3 is 9.88 Å². The number of aromatic amines is 1. The van der Waals surface area contributed by atoms with Crippen LogP contribution < -0.4 is 0 Å². The maximum absolute atomic E-state index is 12.8. The molecule has 4 aromatic rings. The van der Waals surface area contributed by atoms with Crippen LogP contribution in [0.1, 0.15) is 30.1 Å². The van der Waals surface area contributed by atoms with E-state index in [4.69, 9.17) is 0 Å². The molecule has 1 N–H and O–H groups in total. The topological polar surface area (TPSA) is 118 Å². The van der Waals surface area contributed by atoms with Crippen molar-refractivity contribution in [1.29, 1.82) is 0 Å². The second-order valence-corrected chi connectivity index (χ2v) is 7.31. The fourth-order valence-electron chi connectivity index (χ4n) is 3.65. The SMILES string of the molecule is C[C@H]1CCCN(C(=O)c2cnc3c(c2)nnn3-c2ccc(-c3nnc[nH]3)nc2)C1. The molecule has 146 valence electrons. The van der Waals surface area contributed by atoms with Crippen molar-refractivity contribution in [2.75, 3.05) is 13.1 Å². The minimum Gasteiger partial charge on any atom is -0.338 e. The van der Waals surface area contributed by atoms with Crippen molar-refractivity contribution in [1.82, 2.24) is 45.0 Å². The highest BCUT2D eigenvalue weighted by Crippen LogP contribution is 2.20. The van der Waals surface area contributed by atoms with Gasteiger partial charge in [-0.05, 0) is 37.0 Å². The largest absolute Gasteiger partial charge is 0.338 e. The van der Waals surface area contributed by atoms with Crippen LogP contribution in [0.5, 0.6) is 0 Å². The van der Waals surface area contributed by atoms with Crippen LogP contribution in [0.3, 0.4) is 0 Å². The monoisotopic (exact) mass is 389 g/mol. The molecule has 0 spiro atoms. The van der Waals surface area contributed by atoms with Gasteiger partial charge in [-0.2, -0.15) is 4.68 Å². The van der Waals surface area contributed by atoms with Crippen molar-refractivity contribution < 1.29 is 4.79 Å². The highest BCUT2D eigenvalue weighted by atomic mass is 16.2. The van der Waals surface area contributed by atoms with Gasteiger partial charge in [0.15, 0.2) is 11.5 Å². The lowest BCUT2D eigenvalue weighted by atomic mass is 10.00. The number of carbonyl (C=O) groups excluding carboxylic acids is 1. The van der Waals surface area contributed by atoms with Crippen LogP contribution in [0.15, 0.2) is 36.9 Å². The molecule has 1 aliphatic heterocycles. The molecule has 4 aromatic heterocycles. The number of carbonyl (C=O) groups is 1. The lowest BCUT2D eigenvalue weighted by Crippen LogP contribution is -2.39. The lowest BCUT2D eigenvalue weighted by Gasteiger charge is -2.30. The smallest absolute Gasteiger partial charge is 0.255 e. The van der Waals surface area contributed by atoms with Crippen LogP contribution in [0.4, 0.5) is 0 Å². The van der Waals surface area contributed by atoms with Gasteiger partial charge in [0, 0.05) is 19.3 Å². The Morgan fingerprint density at radius 1 is 1.21 bits per heavy atom. The van der Waals surface area contributed by atoms with Gasteiger partial charge in [0.2, 0.25) is 0 Å². The van der Waals surface area contributed by atoms with Gasteiger partial charge in [0.1, 0.15) is 17.5 Å². The summed E-state index contributed by atoms with van der Waals surface area (Å²) in [6.07, 6.45) is 6.97. The van der Waals surface area contributed by atoms with Crippen LogP contribution in [-0.2, 0) is 0 Å². The Balaban J connectivity index is 1.43. The number of amides is 1. The van der Waals surface area contributed by atoms with Crippen LogP contribution in [0.2, 0.25) is 0 Å². The first-order chi connectivity index (χ1) is 14.2. The summed E-state index contributed by atoms with van der Waals surface area (Å²) in [7, 11) is 0. The average Bonchev–Trinajstić information content (AvgIpc) is 3.43. The Kier molecular flexibility index (Phi) is 4.23. The first-order valence-electron chi connectivity index (χ1n) is 9.52. The molecule has 0 aromatic carbocycles. The molecule has 0 saturated carbocycles. The normalized spacial score (nSPS) is 17.0.